The number of aliphatic hydroxyl groups excluding tert-OH is 1. The van der Waals surface area contributed by atoms with Crippen LogP contribution in [-0.4, -0.2) is 37.5 Å². The molecule has 1 heterocycles. The summed E-state index contributed by atoms with van der Waals surface area (Å²) in [5.41, 5.74) is 0.689. The summed E-state index contributed by atoms with van der Waals surface area (Å²) in [6.45, 7) is 2.45. The van der Waals surface area contributed by atoms with Crippen molar-refractivity contribution in [2.24, 2.45) is 5.92 Å². The van der Waals surface area contributed by atoms with Gasteiger partial charge in [-0.1, -0.05) is 6.07 Å². The highest BCUT2D eigenvalue weighted by molar-refractivity contribution is 7.90. The van der Waals surface area contributed by atoms with E-state index in [-0.39, 0.29) is 18.2 Å². The number of anilines is 1. The van der Waals surface area contributed by atoms with Crippen molar-refractivity contribution in [3.63, 3.8) is 0 Å². The third kappa shape index (κ3) is 3.47. The minimum absolute atomic E-state index is 0.0878. The molecule has 1 fully saturated rings. The summed E-state index contributed by atoms with van der Waals surface area (Å²) in [5, 5.41) is 9.05. The molecule has 0 unspecified atom stereocenters. The van der Waals surface area contributed by atoms with Crippen LogP contribution in [0.15, 0.2) is 18.2 Å². The van der Waals surface area contributed by atoms with E-state index in [1.807, 2.05) is 0 Å². The molecule has 1 aromatic rings. The maximum absolute atomic E-state index is 13.4. The van der Waals surface area contributed by atoms with E-state index in [1.54, 1.807) is 6.92 Å². The van der Waals surface area contributed by atoms with E-state index in [4.69, 9.17) is 5.11 Å². The molecule has 0 radical (unpaired) electrons. The van der Waals surface area contributed by atoms with Crippen molar-refractivity contribution in [1.82, 2.24) is 4.31 Å². The van der Waals surface area contributed by atoms with Crippen molar-refractivity contribution in [2.45, 2.75) is 19.8 Å². The standard InChI is InChI=1S/C13H19FN2O3S/c1-10-2-3-12(8-13(10)14)15-20(18,19)16-6-4-11(9-17)5-7-16/h2-3,8,11,15,17H,4-7,9H2,1H3. The SMILES string of the molecule is Cc1ccc(NS(=O)(=O)N2CCC(CO)CC2)cc1F. The Bertz CT molecular complexity index is 569. The molecule has 0 aromatic heterocycles. The Morgan fingerprint density at radius 1 is 1.40 bits per heavy atom. The lowest BCUT2D eigenvalue weighted by molar-refractivity contribution is 0.170. The summed E-state index contributed by atoms with van der Waals surface area (Å²) in [5.74, 6) is -0.276. The van der Waals surface area contributed by atoms with E-state index in [1.165, 1.54) is 22.5 Å². The predicted octanol–water partition coefficient (Wildman–Crippen LogP) is 1.50. The van der Waals surface area contributed by atoms with Crippen LogP contribution in [0.5, 0.6) is 0 Å². The van der Waals surface area contributed by atoms with E-state index in [0.717, 1.165) is 0 Å². The van der Waals surface area contributed by atoms with Gasteiger partial charge < -0.3 is 5.11 Å². The summed E-state index contributed by atoms with van der Waals surface area (Å²) in [6.07, 6.45) is 1.28. The highest BCUT2D eigenvalue weighted by Crippen LogP contribution is 2.21. The van der Waals surface area contributed by atoms with Crippen LogP contribution in [0.4, 0.5) is 10.1 Å². The zero-order valence-corrected chi connectivity index (χ0v) is 12.2. The summed E-state index contributed by atoms with van der Waals surface area (Å²) in [6, 6.07) is 4.25. The molecule has 2 N–H and O–H groups in total. The molecule has 0 spiro atoms. The molecule has 1 saturated heterocycles. The maximum Gasteiger partial charge on any atom is 0.301 e. The number of piperidine rings is 1. The fraction of sp³-hybridized carbons (Fsp3) is 0.538. The van der Waals surface area contributed by atoms with Crippen LogP contribution >= 0.6 is 0 Å². The second-order valence-electron chi connectivity index (χ2n) is 5.10. The molecular formula is C13H19FN2O3S. The van der Waals surface area contributed by atoms with Gasteiger partial charge >= 0.3 is 10.2 Å². The monoisotopic (exact) mass is 302 g/mol. The van der Waals surface area contributed by atoms with Crippen molar-refractivity contribution in [2.75, 3.05) is 24.4 Å². The molecule has 2 rings (SSSR count). The molecule has 7 heteroatoms. The lowest BCUT2D eigenvalue weighted by atomic mass is 10.00. The maximum atomic E-state index is 13.4. The number of halogens is 1. The van der Waals surface area contributed by atoms with Crippen molar-refractivity contribution in [3.8, 4) is 0 Å². The summed E-state index contributed by atoms with van der Waals surface area (Å²) < 4.78 is 41.5. The van der Waals surface area contributed by atoms with Crippen LogP contribution in [0.1, 0.15) is 18.4 Å². The zero-order chi connectivity index (χ0) is 14.8. The van der Waals surface area contributed by atoms with Crippen molar-refractivity contribution < 1.29 is 17.9 Å². The molecule has 0 amide bonds. The van der Waals surface area contributed by atoms with Gasteiger partial charge in [0.1, 0.15) is 5.82 Å². The zero-order valence-electron chi connectivity index (χ0n) is 11.3. The topological polar surface area (TPSA) is 69.6 Å². The van der Waals surface area contributed by atoms with Gasteiger partial charge in [-0.3, -0.25) is 4.72 Å². The molecule has 1 aliphatic heterocycles. The molecular weight excluding hydrogens is 283 g/mol. The minimum atomic E-state index is -3.66. The third-order valence-electron chi connectivity index (χ3n) is 3.59. The van der Waals surface area contributed by atoms with Gasteiger partial charge in [-0.15, -0.1) is 0 Å². The minimum Gasteiger partial charge on any atom is -0.396 e. The van der Waals surface area contributed by atoms with Gasteiger partial charge in [0.25, 0.3) is 0 Å². The van der Waals surface area contributed by atoms with Gasteiger partial charge in [-0.25, -0.2) is 4.39 Å². The largest absolute Gasteiger partial charge is 0.396 e. The van der Waals surface area contributed by atoms with Crippen molar-refractivity contribution in [3.05, 3.63) is 29.6 Å². The van der Waals surface area contributed by atoms with Crippen LogP contribution in [0, 0.1) is 18.7 Å². The van der Waals surface area contributed by atoms with Gasteiger partial charge in [-0.05, 0) is 43.4 Å². The van der Waals surface area contributed by atoms with Crippen LogP contribution in [-0.2, 0) is 10.2 Å². The van der Waals surface area contributed by atoms with E-state index in [9.17, 15) is 12.8 Å². The predicted molar refractivity (Wildman–Crippen MR) is 75.1 cm³/mol. The number of rotatable bonds is 4. The highest BCUT2D eigenvalue weighted by atomic mass is 32.2. The normalized spacial score (nSPS) is 18.1. The number of benzene rings is 1. The molecule has 1 aliphatic rings. The molecule has 1 aromatic carbocycles. The Labute approximate surface area is 118 Å². The lowest BCUT2D eigenvalue weighted by Gasteiger charge is -2.30. The molecule has 0 bridgehead atoms. The van der Waals surface area contributed by atoms with E-state index in [0.29, 0.717) is 31.5 Å². The number of nitrogens with one attached hydrogen (secondary N) is 1. The first-order chi connectivity index (χ1) is 9.42. The second-order valence-corrected chi connectivity index (χ2v) is 6.77. The van der Waals surface area contributed by atoms with Crippen LogP contribution < -0.4 is 4.72 Å². The number of aliphatic hydroxyl groups is 1. The molecule has 0 atom stereocenters. The first-order valence-electron chi connectivity index (χ1n) is 6.57. The smallest absolute Gasteiger partial charge is 0.301 e. The van der Waals surface area contributed by atoms with Crippen LogP contribution in [0.3, 0.4) is 0 Å². The summed E-state index contributed by atoms with van der Waals surface area (Å²) >= 11 is 0. The quantitative estimate of drug-likeness (QED) is 0.885. The van der Waals surface area contributed by atoms with Crippen molar-refractivity contribution in [1.29, 1.82) is 0 Å². The molecule has 0 saturated carbocycles. The summed E-state index contributed by atoms with van der Waals surface area (Å²) in [7, 11) is -3.66. The Balaban J connectivity index is 2.05. The van der Waals surface area contributed by atoms with Gasteiger partial charge in [0, 0.05) is 19.7 Å². The third-order valence-corrected chi connectivity index (χ3v) is 5.13. The number of hydrogen-bond acceptors (Lipinski definition) is 3. The molecule has 20 heavy (non-hydrogen) atoms. The Hall–Kier alpha value is -1.18. The molecule has 0 aliphatic carbocycles. The Morgan fingerprint density at radius 2 is 2.05 bits per heavy atom. The van der Waals surface area contributed by atoms with Crippen LogP contribution in [0.25, 0.3) is 0 Å². The van der Waals surface area contributed by atoms with E-state index >= 15 is 0 Å². The second kappa shape index (κ2) is 6.07. The number of aryl methyl sites for hydroxylation is 1. The molecule has 5 nitrogen and oxygen atoms in total. The first-order valence-corrected chi connectivity index (χ1v) is 8.01. The van der Waals surface area contributed by atoms with Crippen molar-refractivity contribution >= 4 is 15.9 Å². The number of hydrogen-bond donors (Lipinski definition) is 2. The Kier molecular flexibility index (Phi) is 4.62. The average molecular weight is 302 g/mol. The Morgan fingerprint density at radius 3 is 2.60 bits per heavy atom. The van der Waals surface area contributed by atoms with Gasteiger partial charge in [0.15, 0.2) is 0 Å². The lowest BCUT2D eigenvalue weighted by Crippen LogP contribution is -2.42. The molecule has 112 valence electrons. The summed E-state index contributed by atoms with van der Waals surface area (Å²) in [4.78, 5) is 0. The van der Waals surface area contributed by atoms with E-state index in [2.05, 4.69) is 4.72 Å². The van der Waals surface area contributed by atoms with Gasteiger partial charge in [-0.2, -0.15) is 12.7 Å². The fourth-order valence-electron chi connectivity index (χ4n) is 2.20. The van der Waals surface area contributed by atoms with Gasteiger partial charge in [0.05, 0.1) is 5.69 Å². The highest BCUT2D eigenvalue weighted by Gasteiger charge is 2.27. The first kappa shape index (κ1) is 15.2. The van der Waals surface area contributed by atoms with E-state index < -0.39 is 16.0 Å². The fourth-order valence-corrected chi connectivity index (χ4v) is 3.45. The average Bonchev–Trinajstić information content (AvgIpc) is 2.43. The van der Waals surface area contributed by atoms with Gasteiger partial charge in [0.2, 0.25) is 0 Å². The number of nitrogens with zero attached hydrogens (tertiary/aromatic N) is 1. The van der Waals surface area contributed by atoms with Crippen LogP contribution in [0.2, 0.25) is 0 Å².